The van der Waals surface area contributed by atoms with E-state index in [2.05, 4.69) is 63.5 Å². The zero-order chi connectivity index (χ0) is 65.0. The third-order valence-electron chi connectivity index (χ3n) is 15.6. The van der Waals surface area contributed by atoms with Crippen LogP contribution in [0.3, 0.4) is 0 Å². The van der Waals surface area contributed by atoms with Crippen LogP contribution >= 0.6 is 0 Å². The molecule has 2 rings (SSSR count). The van der Waals surface area contributed by atoms with Crippen LogP contribution in [0.4, 0.5) is 0 Å². The van der Waals surface area contributed by atoms with Crippen molar-refractivity contribution in [1.82, 2.24) is 58.5 Å². The normalized spacial score (nSPS) is 21.3. The summed E-state index contributed by atoms with van der Waals surface area (Å²) in [6, 6.07) is -5.53. The maximum Gasteiger partial charge on any atom is 0.329 e. The van der Waals surface area contributed by atoms with Gasteiger partial charge in [-0.25, -0.2) is 4.79 Å². The number of benzene rings is 1. The number of cyclic esters (lactones) is 1. The second-order valence-corrected chi connectivity index (χ2v) is 22.2. The molecule has 0 aromatic heterocycles. The zero-order valence-electron chi connectivity index (χ0n) is 52.0. The number of carbonyl (C=O) groups excluding carboxylic acids is 11. The Balaban J connectivity index is 2.43. The predicted molar refractivity (Wildman–Crippen MR) is 320 cm³/mol. The first kappa shape index (κ1) is 74.6. The lowest BCUT2D eigenvalue weighted by atomic mass is 9.94. The second-order valence-electron chi connectivity index (χ2n) is 22.2. The molecule has 1 aliphatic rings. The van der Waals surface area contributed by atoms with E-state index in [1.807, 2.05) is 37.3 Å². The van der Waals surface area contributed by atoms with Gasteiger partial charge >= 0.3 is 5.97 Å². The number of aliphatic hydroxyl groups is 2. The number of amides is 10. The molecule has 0 bridgehead atoms. The lowest BCUT2D eigenvalue weighted by Crippen LogP contribution is -2.63. The molecule has 0 aliphatic carbocycles. The summed E-state index contributed by atoms with van der Waals surface area (Å²) in [5, 5.41) is 49.8. The number of guanidine groups is 1. The lowest BCUT2D eigenvalue weighted by molar-refractivity contribution is -0.157. The minimum atomic E-state index is -1.79. The van der Waals surface area contributed by atoms with Crippen LogP contribution in [-0.4, -0.2) is 181 Å². The number of aliphatic hydroxyl groups excluding tert-OH is 2. The number of likely N-dealkylation sites (N-methyl/N-ethyl adjacent to an activating group) is 1. The summed E-state index contributed by atoms with van der Waals surface area (Å²) in [6.45, 7) is 16.3. The minimum Gasteiger partial charge on any atom is -0.458 e. The summed E-state index contributed by atoms with van der Waals surface area (Å²) in [4.78, 5) is 157. The number of esters is 1. The Hall–Kier alpha value is -7.46. The average molecular weight is 1220 g/mol. The highest BCUT2D eigenvalue weighted by Gasteiger charge is 2.41. The van der Waals surface area contributed by atoms with Crippen molar-refractivity contribution in [1.29, 1.82) is 0 Å². The quantitative estimate of drug-likeness (QED) is 0.0152. The van der Waals surface area contributed by atoms with Crippen LogP contribution in [0, 0.1) is 23.7 Å². The summed E-state index contributed by atoms with van der Waals surface area (Å²) in [7, 11) is 1.61. The summed E-state index contributed by atoms with van der Waals surface area (Å²) in [5.41, 5.74) is 11.9. The van der Waals surface area contributed by atoms with Crippen LogP contribution in [0.1, 0.15) is 133 Å². The fourth-order valence-corrected chi connectivity index (χ4v) is 9.11. The van der Waals surface area contributed by atoms with Crippen LogP contribution in [0.5, 0.6) is 0 Å². The van der Waals surface area contributed by atoms with E-state index in [4.69, 9.17) is 16.2 Å². The molecular formula is C58H98N14O14. The van der Waals surface area contributed by atoms with Gasteiger partial charge < -0.3 is 84.9 Å². The van der Waals surface area contributed by atoms with E-state index >= 15 is 0 Å². The second kappa shape index (κ2) is 37.9. The maximum absolute atomic E-state index is 14.5. The largest absolute Gasteiger partial charge is 0.458 e. The van der Waals surface area contributed by atoms with Crippen LogP contribution in [0.25, 0.3) is 0 Å². The first-order chi connectivity index (χ1) is 40.7. The number of nitrogens with two attached hydrogens (primary N) is 2. The zero-order valence-corrected chi connectivity index (χ0v) is 52.0. The van der Waals surface area contributed by atoms with Crippen molar-refractivity contribution in [2.24, 2.45) is 40.1 Å². The van der Waals surface area contributed by atoms with E-state index in [0.717, 1.165) is 5.56 Å². The number of nitrogens with zero attached hydrogens (tertiary/aromatic N) is 1. The monoisotopic (exact) mass is 1210 g/mol. The molecule has 484 valence electrons. The first-order valence-corrected chi connectivity index (χ1v) is 29.9. The molecule has 28 nitrogen and oxygen atoms in total. The Bertz CT molecular complexity index is 2450. The van der Waals surface area contributed by atoms with Crippen molar-refractivity contribution in [3.8, 4) is 0 Å². The minimum absolute atomic E-state index is 0.0155. The Morgan fingerprint density at radius 3 is 1.56 bits per heavy atom. The highest BCUT2D eigenvalue weighted by molar-refractivity contribution is 5.99. The summed E-state index contributed by atoms with van der Waals surface area (Å²) >= 11 is 0. The van der Waals surface area contributed by atoms with Crippen molar-refractivity contribution in [2.45, 2.75) is 207 Å². The van der Waals surface area contributed by atoms with Crippen LogP contribution in [-0.2, 0) is 63.9 Å². The standard InChI is InChI=1S/C58H98N14O14/c1-13-22-37-48(76)71-45(33(9)17-5)57(85)86-35(11)46(56(84)63-34(10)47(75)64-37)72-52(80)41(29-74)67-54(82)43(31(7)15-3)70-55(83)44(32(8)16-4)68-49(77)38(25-21-26-62-58(59)60)65-51(79)40(28-73)66-53(81)42(30(6)14-2)69-50(78)39(61-12)27-36-23-19-18-20-24-36/h18-20,23-24,30-35,37-46,61,73-74H,13-17,21-22,25-29H2,1-12H3,(H,63,84)(H,64,75)(H,65,79)(H,66,81)(H,67,82)(H,68,77)(H,69,78)(H,70,83)(H,71,76)(H,72,80)(H4,59,60,62)/t30-,31-,32-,33-,34-,35-,37-,38+,39+,40-,41-,42-,43-,44+,45-,46+/m0/s1. The molecule has 86 heavy (non-hydrogen) atoms. The molecule has 10 amide bonds. The van der Waals surface area contributed by atoms with Gasteiger partial charge in [-0.15, -0.1) is 0 Å². The van der Waals surface area contributed by atoms with Gasteiger partial charge in [0.25, 0.3) is 0 Å². The number of rotatable bonds is 33. The first-order valence-electron chi connectivity index (χ1n) is 29.9. The van der Waals surface area contributed by atoms with Gasteiger partial charge in [-0.1, -0.05) is 125 Å². The Kier molecular flexibility index (Phi) is 32.9. The predicted octanol–water partition coefficient (Wildman–Crippen LogP) is -2.35. The van der Waals surface area contributed by atoms with E-state index in [-0.39, 0.29) is 38.2 Å². The number of nitrogens with one attached hydrogen (secondary N) is 11. The van der Waals surface area contributed by atoms with Crippen LogP contribution in [0.15, 0.2) is 35.3 Å². The third kappa shape index (κ3) is 23.4. The van der Waals surface area contributed by atoms with E-state index < -0.39 is 174 Å². The topological polar surface area (TPSA) is 434 Å². The maximum atomic E-state index is 14.5. The third-order valence-corrected chi connectivity index (χ3v) is 15.6. The van der Waals surface area contributed by atoms with Gasteiger partial charge in [0.05, 0.1) is 19.3 Å². The molecule has 0 unspecified atom stereocenters. The summed E-state index contributed by atoms with van der Waals surface area (Å²) in [5.74, 6) is -11.8. The van der Waals surface area contributed by atoms with Crippen molar-refractivity contribution < 1.29 is 67.7 Å². The van der Waals surface area contributed by atoms with Gasteiger partial charge in [0.15, 0.2) is 5.96 Å². The Morgan fingerprint density at radius 1 is 0.605 bits per heavy atom. The molecule has 0 radical (unpaired) electrons. The molecule has 1 aromatic rings. The van der Waals surface area contributed by atoms with Crippen molar-refractivity contribution in [2.75, 3.05) is 26.8 Å². The van der Waals surface area contributed by atoms with E-state index in [0.29, 0.717) is 32.1 Å². The van der Waals surface area contributed by atoms with Gasteiger partial charge in [-0.2, -0.15) is 0 Å². The van der Waals surface area contributed by atoms with Crippen LogP contribution < -0.4 is 70.0 Å². The van der Waals surface area contributed by atoms with Gasteiger partial charge in [0, 0.05) is 6.54 Å². The average Bonchev–Trinajstić information content (AvgIpc) is 3.47. The lowest BCUT2D eigenvalue weighted by Gasteiger charge is -2.31. The Labute approximate surface area is 505 Å². The number of hydrogen-bond acceptors (Lipinski definition) is 16. The van der Waals surface area contributed by atoms with Gasteiger partial charge in [-0.05, 0) is 75.8 Å². The molecule has 1 fully saturated rings. The van der Waals surface area contributed by atoms with Crippen molar-refractivity contribution in [3.05, 3.63) is 35.9 Å². The van der Waals surface area contributed by atoms with Crippen LogP contribution in [0.2, 0.25) is 0 Å². The molecule has 1 aromatic carbocycles. The van der Waals surface area contributed by atoms with Gasteiger partial charge in [0.1, 0.15) is 66.5 Å². The van der Waals surface area contributed by atoms with Gasteiger partial charge in [0.2, 0.25) is 59.1 Å². The molecule has 0 spiro atoms. The highest BCUT2D eigenvalue weighted by Crippen LogP contribution is 2.17. The van der Waals surface area contributed by atoms with E-state index in [1.54, 1.807) is 62.4 Å². The van der Waals surface area contributed by atoms with Crippen molar-refractivity contribution >= 4 is 71.0 Å². The fourth-order valence-electron chi connectivity index (χ4n) is 9.11. The molecule has 28 heteroatoms. The van der Waals surface area contributed by atoms with Gasteiger partial charge in [-0.3, -0.25) is 52.9 Å². The number of carbonyl (C=O) groups is 11. The number of aliphatic imine (C=N–C) groups is 1. The van der Waals surface area contributed by atoms with E-state index in [1.165, 1.54) is 13.8 Å². The molecule has 1 saturated heterocycles. The SMILES string of the molecule is CCC[C@@H]1NC(=O)[C@H](C)NC(=O)[C@H](NC(=O)[C@H](CO)NC(=O)[C@@H](NC(=O)[C@H](NC(=O)[C@@H](CCCN=C(N)N)NC(=O)[C@H](CO)NC(=O)[C@@H](NC(=O)[C@@H](Cc2ccccc2)NC)[C@@H](C)CC)[C@@H](C)CC)[C@@H](C)CC)[C@H](C)OC(=O)[C@H]([C@@H](C)CC)NC1=O. The molecule has 1 heterocycles. The summed E-state index contributed by atoms with van der Waals surface area (Å²) < 4.78 is 5.70. The summed E-state index contributed by atoms with van der Waals surface area (Å²) in [6.07, 6.45) is 0.996. The number of hydrogen-bond donors (Lipinski definition) is 15. The molecule has 16 atom stereocenters. The molecule has 0 saturated carbocycles. The fraction of sp³-hybridized carbons (Fsp3) is 0.690. The highest BCUT2D eigenvalue weighted by atomic mass is 16.5. The molecule has 17 N–H and O–H groups in total. The smallest absolute Gasteiger partial charge is 0.329 e. The Morgan fingerprint density at radius 2 is 1.08 bits per heavy atom. The number of ether oxygens (including phenoxy) is 1. The van der Waals surface area contributed by atoms with Crippen molar-refractivity contribution in [3.63, 3.8) is 0 Å². The molecular weight excluding hydrogens is 1120 g/mol. The molecule has 1 aliphatic heterocycles. The van der Waals surface area contributed by atoms with E-state index in [9.17, 15) is 63.0 Å².